The summed E-state index contributed by atoms with van der Waals surface area (Å²) in [6.45, 7) is 0.359. The molecule has 0 fully saturated rings. The van der Waals surface area contributed by atoms with Crippen LogP contribution in [0.2, 0.25) is 10.0 Å². The van der Waals surface area contributed by atoms with E-state index in [0.29, 0.717) is 44.7 Å². The summed E-state index contributed by atoms with van der Waals surface area (Å²) in [5, 5.41) is 13.7. The van der Waals surface area contributed by atoms with Crippen molar-refractivity contribution in [3.8, 4) is 5.69 Å². The number of aryl methyl sites for hydroxylation is 2. The molecule has 2 aromatic carbocycles. The van der Waals surface area contributed by atoms with Gasteiger partial charge < -0.3 is 0 Å². The third-order valence-electron chi connectivity index (χ3n) is 4.16. The Morgan fingerprint density at radius 3 is 2.63 bits per heavy atom. The number of aromatic amines is 1. The van der Waals surface area contributed by atoms with Gasteiger partial charge in [-0.1, -0.05) is 41.4 Å². The van der Waals surface area contributed by atoms with Gasteiger partial charge in [0.25, 0.3) is 5.56 Å². The molecular formula is C18H13Cl2N5OS. The topological polar surface area (TPSA) is 68.5 Å². The molecule has 0 spiro atoms. The SMILES string of the molecule is O=c1c2ccccc2cnn1CCc1n[nH]c(=S)n1-c1cc(Cl)cc(Cl)c1. The van der Waals surface area contributed by atoms with Crippen LogP contribution in [0.4, 0.5) is 0 Å². The standard InChI is InChI=1S/C18H13Cl2N5OS/c19-12-7-13(20)9-14(8-12)25-16(22-23-18(25)27)5-6-24-17(26)15-4-2-1-3-11(15)10-21-24/h1-4,7-10H,5-6H2,(H,23,27). The molecule has 4 rings (SSSR count). The lowest BCUT2D eigenvalue weighted by Gasteiger charge is -2.09. The Hall–Kier alpha value is -2.48. The van der Waals surface area contributed by atoms with E-state index < -0.39 is 0 Å². The summed E-state index contributed by atoms with van der Waals surface area (Å²) in [5.41, 5.74) is 0.569. The summed E-state index contributed by atoms with van der Waals surface area (Å²) < 4.78 is 3.59. The van der Waals surface area contributed by atoms with Gasteiger partial charge >= 0.3 is 0 Å². The first-order valence-corrected chi connectivity index (χ1v) is 9.27. The largest absolute Gasteiger partial charge is 0.274 e. The Morgan fingerprint density at radius 1 is 1.11 bits per heavy atom. The molecule has 0 aliphatic heterocycles. The zero-order valence-corrected chi connectivity index (χ0v) is 16.2. The monoisotopic (exact) mass is 417 g/mol. The van der Waals surface area contributed by atoms with E-state index in [1.807, 2.05) is 18.2 Å². The number of nitrogens with one attached hydrogen (secondary N) is 1. The summed E-state index contributed by atoms with van der Waals surface area (Å²) >= 11 is 17.5. The third kappa shape index (κ3) is 3.53. The van der Waals surface area contributed by atoms with E-state index in [9.17, 15) is 4.79 Å². The second kappa shape index (κ2) is 7.26. The molecule has 0 saturated carbocycles. The van der Waals surface area contributed by atoms with Gasteiger partial charge in [-0.05, 0) is 36.5 Å². The number of rotatable bonds is 4. The molecule has 0 atom stereocenters. The quantitative estimate of drug-likeness (QED) is 0.505. The molecule has 0 bridgehead atoms. The fraction of sp³-hybridized carbons (Fsp3) is 0.111. The van der Waals surface area contributed by atoms with E-state index >= 15 is 0 Å². The minimum absolute atomic E-state index is 0.139. The van der Waals surface area contributed by atoms with Crippen molar-refractivity contribution in [2.45, 2.75) is 13.0 Å². The number of fused-ring (bicyclic) bond motifs is 1. The zero-order valence-electron chi connectivity index (χ0n) is 13.9. The van der Waals surface area contributed by atoms with Crippen molar-refractivity contribution < 1.29 is 0 Å². The van der Waals surface area contributed by atoms with Crippen LogP contribution in [0.25, 0.3) is 16.5 Å². The maximum atomic E-state index is 12.6. The average Bonchev–Trinajstić information content (AvgIpc) is 3.01. The lowest BCUT2D eigenvalue weighted by atomic mass is 10.2. The first-order chi connectivity index (χ1) is 13.0. The smallest absolute Gasteiger partial charge is 0.272 e. The minimum atomic E-state index is -0.139. The van der Waals surface area contributed by atoms with Crippen LogP contribution in [0.15, 0.2) is 53.5 Å². The number of halogens is 2. The van der Waals surface area contributed by atoms with Crippen LogP contribution < -0.4 is 5.56 Å². The normalized spacial score (nSPS) is 11.2. The molecule has 0 aliphatic rings. The molecule has 2 heterocycles. The second-order valence-corrected chi connectivity index (χ2v) is 7.18. The van der Waals surface area contributed by atoms with Gasteiger partial charge in [0, 0.05) is 21.9 Å². The van der Waals surface area contributed by atoms with Crippen LogP contribution in [-0.4, -0.2) is 24.5 Å². The predicted molar refractivity (Wildman–Crippen MR) is 108 cm³/mol. The molecule has 0 aliphatic carbocycles. The van der Waals surface area contributed by atoms with E-state index in [1.54, 1.807) is 35.0 Å². The van der Waals surface area contributed by atoms with Gasteiger partial charge in [-0.2, -0.15) is 10.2 Å². The minimum Gasteiger partial charge on any atom is -0.272 e. The molecule has 0 saturated heterocycles. The first kappa shape index (κ1) is 17.9. The number of benzene rings is 2. The van der Waals surface area contributed by atoms with E-state index in [2.05, 4.69) is 15.3 Å². The van der Waals surface area contributed by atoms with Gasteiger partial charge in [0.15, 0.2) is 4.77 Å². The first-order valence-electron chi connectivity index (χ1n) is 8.10. The van der Waals surface area contributed by atoms with E-state index in [0.717, 1.165) is 5.39 Å². The maximum absolute atomic E-state index is 12.6. The Labute approximate surface area is 169 Å². The van der Waals surface area contributed by atoms with Crippen molar-refractivity contribution in [1.29, 1.82) is 0 Å². The fourth-order valence-corrected chi connectivity index (χ4v) is 3.70. The Balaban J connectivity index is 1.68. The van der Waals surface area contributed by atoms with Crippen LogP contribution in [0.1, 0.15) is 5.82 Å². The van der Waals surface area contributed by atoms with Crippen molar-refractivity contribution in [2.75, 3.05) is 0 Å². The number of hydrogen-bond acceptors (Lipinski definition) is 4. The van der Waals surface area contributed by atoms with Gasteiger partial charge in [-0.25, -0.2) is 4.68 Å². The van der Waals surface area contributed by atoms with Gasteiger partial charge in [0.05, 0.1) is 23.8 Å². The molecule has 0 radical (unpaired) electrons. The van der Waals surface area contributed by atoms with Crippen molar-refractivity contribution in [1.82, 2.24) is 24.5 Å². The summed E-state index contributed by atoms with van der Waals surface area (Å²) in [6, 6.07) is 12.5. The summed E-state index contributed by atoms with van der Waals surface area (Å²) in [5.74, 6) is 0.653. The van der Waals surface area contributed by atoms with Gasteiger partial charge in [0.2, 0.25) is 0 Å². The highest BCUT2D eigenvalue weighted by Crippen LogP contribution is 2.23. The molecule has 27 heavy (non-hydrogen) atoms. The molecule has 6 nitrogen and oxygen atoms in total. The summed E-state index contributed by atoms with van der Waals surface area (Å²) in [7, 11) is 0. The number of nitrogens with zero attached hydrogens (tertiary/aromatic N) is 4. The third-order valence-corrected chi connectivity index (χ3v) is 4.87. The highest BCUT2D eigenvalue weighted by molar-refractivity contribution is 7.71. The number of hydrogen-bond donors (Lipinski definition) is 1. The molecule has 136 valence electrons. The lowest BCUT2D eigenvalue weighted by Crippen LogP contribution is -2.24. The second-order valence-electron chi connectivity index (χ2n) is 5.92. The van der Waals surface area contributed by atoms with E-state index in [1.165, 1.54) is 4.68 Å². The molecule has 4 aromatic rings. The van der Waals surface area contributed by atoms with Crippen LogP contribution in [-0.2, 0) is 13.0 Å². The van der Waals surface area contributed by atoms with Crippen LogP contribution in [0, 0.1) is 4.77 Å². The van der Waals surface area contributed by atoms with Crippen molar-refractivity contribution in [3.05, 3.63) is 79.7 Å². The summed E-state index contributed by atoms with van der Waals surface area (Å²) in [6.07, 6.45) is 2.13. The number of H-pyrrole nitrogens is 1. The van der Waals surface area contributed by atoms with Crippen LogP contribution in [0.5, 0.6) is 0 Å². The highest BCUT2D eigenvalue weighted by Gasteiger charge is 2.11. The highest BCUT2D eigenvalue weighted by atomic mass is 35.5. The molecule has 9 heteroatoms. The molecule has 1 N–H and O–H groups in total. The Kier molecular flexibility index (Phi) is 4.82. The number of aromatic nitrogens is 5. The van der Waals surface area contributed by atoms with Crippen molar-refractivity contribution in [3.63, 3.8) is 0 Å². The Bertz CT molecular complexity index is 1240. The molecule has 0 amide bonds. The van der Waals surface area contributed by atoms with Crippen molar-refractivity contribution >= 4 is 46.2 Å². The molecule has 2 aromatic heterocycles. The predicted octanol–water partition coefficient (Wildman–Crippen LogP) is 4.19. The fourth-order valence-electron chi connectivity index (χ4n) is 2.92. The van der Waals surface area contributed by atoms with Gasteiger partial charge in [0.1, 0.15) is 5.82 Å². The van der Waals surface area contributed by atoms with E-state index in [-0.39, 0.29) is 5.56 Å². The van der Waals surface area contributed by atoms with Crippen molar-refractivity contribution in [2.24, 2.45) is 0 Å². The zero-order chi connectivity index (χ0) is 19.0. The van der Waals surface area contributed by atoms with Gasteiger partial charge in [-0.3, -0.25) is 14.5 Å². The molecule has 0 unspecified atom stereocenters. The summed E-state index contributed by atoms with van der Waals surface area (Å²) in [4.78, 5) is 12.6. The maximum Gasteiger partial charge on any atom is 0.274 e. The Morgan fingerprint density at radius 2 is 1.85 bits per heavy atom. The van der Waals surface area contributed by atoms with E-state index in [4.69, 9.17) is 35.4 Å². The van der Waals surface area contributed by atoms with Gasteiger partial charge in [-0.15, -0.1) is 0 Å². The molecular weight excluding hydrogens is 405 g/mol. The lowest BCUT2D eigenvalue weighted by molar-refractivity contribution is 0.568. The van der Waals surface area contributed by atoms with Crippen LogP contribution in [0.3, 0.4) is 0 Å². The van der Waals surface area contributed by atoms with Crippen LogP contribution >= 0.6 is 35.4 Å². The average molecular weight is 418 g/mol.